The van der Waals surface area contributed by atoms with Crippen LogP contribution in [0.1, 0.15) is 26.0 Å². The summed E-state index contributed by atoms with van der Waals surface area (Å²) >= 11 is 0. The monoisotopic (exact) mass is 358 g/mol. The van der Waals surface area contributed by atoms with Crippen molar-refractivity contribution in [3.8, 4) is 0 Å². The summed E-state index contributed by atoms with van der Waals surface area (Å²) in [5.74, 6) is -0.821. The van der Waals surface area contributed by atoms with E-state index in [4.69, 9.17) is 9.15 Å². The van der Waals surface area contributed by atoms with Crippen molar-refractivity contribution in [2.24, 2.45) is 5.92 Å². The third kappa shape index (κ3) is 3.78. The number of sulfonamides is 1. The van der Waals surface area contributed by atoms with Crippen LogP contribution in [0.5, 0.6) is 0 Å². The predicted octanol–water partition coefficient (Wildman–Crippen LogP) is 0.830. The van der Waals surface area contributed by atoms with Crippen LogP contribution in [0.2, 0.25) is 0 Å². The van der Waals surface area contributed by atoms with Gasteiger partial charge in [-0.05, 0) is 26.0 Å². The van der Waals surface area contributed by atoms with Gasteiger partial charge in [0.2, 0.25) is 11.0 Å². The molecule has 0 aliphatic carbocycles. The Labute approximate surface area is 141 Å². The van der Waals surface area contributed by atoms with Crippen LogP contribution in [0.25, 0.3) is 0 Å². The van der Waals surface area contributed by atoms with Gasteiger partial charge in [-0.2, -0.15) is 0 Å². The highest BCUT2D eigenvalue weighted by molar-refractivity contribution is 7.88. The summed E-state index contributed by atoms with van der Waals surface area (Å²) in [6.45, 7) is 3.95. The zero-order chi connectivity index (χ0) is 18.1. The van der Waals surface area contributed by atoms with E-state index >= 15 is 0 Å². The van der Waals surface area contributed by atoms with Crippen molar-refractivity contribution in [1.29, 1.82) is 0 Å². The fourth-order valence-corrected chi connectivity index (χ4v) is 3.22. The minimum Gasteiger partial charge on any atom is -0.457 e. The predicted molar refractivity (Wildman–Crippen MR) is 84.3 cm³/mol. The van der Waals surface area contributed by atoms with Gasteiger partial charge < -0.3 is 14.1 Å². The smallest absolute Gasteiger partial charge is 0.311 e. The summed E-state index contributed by atoms with van der Waals surface area (Å²) in [4.78, 5) is 25.5. The third-order valence-corrected chi connectivity index (χ3v) is 5.53. The molecule has 1 aromatic rings. The van der Waals surface area contributed by atoms with Gasteiger partial charge in [0.05, 0.1) is 5.92 Å². The molecular weight excluding hydrogens is 336 g/mol. The molecule has 1 atom stereocenters. The minimum absolute atomic E-state index is 0.0409. The van der Waals surface area contributed by atoms with Crippen LogP contribution in [0.15, 0.2) is 21.6 Å². The zero-order valence-electron chi connectivity index (χ0n) is 14.2. The maximum Gasteiger partial charge on any atom is 0.311 e. The van der Waals surface area contributed by atoms with Crippen molar-refractivity contribution < 1.29 is 27.2 Å². The van der Waals surface area contributed by atoms with Crippen LogP contribution in [-0.4, -0.2) is 56.2 Å². The SMILES string of the molecule is CC(C)N1CC(C(=O)OCc2ccc(S(=O)(=O)N(C)C)o2)CC1=O. The highest BCUT2D eigenvalue weighted by atomic mass is 32.2. The second-order valence-corrected chi connectivity index (χ2v) is 8.24. The second-order valence-electron chi connectivity index (χ2n) is 6.16. The molecule has 0 radical (unpaired) electrons. The number of carbonyl (C=O) groups excluding carboxylic acids is 2. The molecule has 0 aromatic carbocycles. The van der Waals surface area contributed by atoms with Crippen LogP contribution in [0.4, 0.5) is 0 Å². The van der Waals surface area contributed by atoms with Crippen molar-refractivity contribution >= 4 is 21.9 Å². The number of carbonyl (C=O) groups is 2. The molecule has 0 saturated carbocycles. The Morgan fingerprint density at radius 3 is 2.62 bits per heavy atom. The van der Waals surface area contributed by atoms with Gasteiger partial charge in [0.15, 0.2) is 0 Å². The summed E-state index contributed by atoms with van der Waals surface area (Å²) in [7, 11) is -0.864. The molecule has 2 rings (SSSR count). The van der Waals surface area contributed by atoms with E-state index in [1.807, 2.05) is 13.8 Å². The number of nitrogens with zero attached hydrogens (tertiary/aromatic N) is 2. The number of esters is 1. The Morgan fingerprint density at radius 2 is 2.08 bits per heavy atom. The number of furan rings is 1. The van der Waals surface area contributed by atoms with E-state index in [9.17, 15) is 18.0 Å². The molecule has 1 fully saturated rings. The molecule has 1 unspecified atom stereocenters. The first-order valence-corrected chi connectivity index (χ1v) is 9.04. The van der Waals surface area contributed by atoms with Gasteiger partial charge in [0, 0.05) is 33.1 Å². The van der Waals surface area contributed by atoms with Crippen LogP contribution in [0, 0.1) is 5.92 Å². The summed E-state index contributed by atoms with van der Waals surface area (Å²) in [5, 5.41) is -0.208. The maximum atomic E-state index is 12.1. The van der Waals surface area contributed by atoms with E-state index in [1.165, 1.54) is 26.2 Å². The Balaban J connectivity index is 1.94. The first-order valence-electron chi connectivity index (χ1n) is 7.60. The van der Waals surface area contributed by atoms with Gasteiger partial charge in [-0.3, -0.25) is 9.59 Å². The maximum absolute atomic E-state index is 12.1. The number of amides is 1. The lowest BCUT2D eigenvalue weighted by Gasteiger charge is -2.20. The molecule has 134 valence electrons. The average Bonchev–Trinajstić information content (AvgIpc) is 3.11. The molecule has 0 spiro atoms. The Bertz CT molecular complexity index is 722. The van der Waals surface area contributed by atoms with E-state index in [2.05, 4.69) is 0 Å². The highest BCUT2D eigenvalue weighted by Crippen LogP contribution is 2.22. The summed E-state index contributed by atoms with van der Waals surface area (Å²) < 4.78 is 35.2. The van der Waals surface area contributed by atoms with Crippen LogP contribution < -0.4 is 0 Å². The number of hydrogen-bond acceptors (Lipinski definition) is 6. The molecule has 0 bridgehead atoms. The van der Waals surface area contributed by atoms with Crippen molar-refractivity contribution in [2.45, 2.75) is 38.0 Å². The van der Waals surface area contributed by atoms with E-state index in [0.717, 1.165) is 4.31 Å². The largest absolute Gasteiger partial charge is 0.457 e. The fourth-order valence-electron chi connectivity index (χ4n) is 2.40. The van der Waals surface area contributed by atoms with E-state index in [0.29, 0.717) is 6.54 Å². The van der Waals surface area contributed by atoms with Gasteiger partial charge in [-0.15, -0.1) is 0 Å². The zero-order valence-corrected chi connectivity index (χ0v) is 15.0. The molecule has 24 heavy (non-hydrogen) atoms. The van der Waals surface area contributed by atoms with Gasteiger partial charge in [0.1, 0.15) is 12.4 Å². The number of ether oxygens (including phenoxy) is 1. The summed E-state index contributed by atoms with van der Waals surface area (Å²) in [6, 6.07) is 2.81. The summed E-state index contributed by atoms with van der Waals surface area (Å²) in [6.07, 6.45) is 0.134. The van der Waals surface area contributed by atoms with Crippen LogP contribution >= 0.6 is 0 Å². The van der Waals surface area contributed by atoms with Crippen molar-refractivity contribution in [3.05, 3.63) is 17.9 Å². The topological polar surface area (TPSA) is 97.1 Å². The minimum atomic E-state index is -3.66. The molecule has 2 heterocycles. The van der Waals surface area contributed by atoms with Gasteiger partial charge in [0.25, 0.3) is 10.0 Å². The molecular formula is C15H22N2O6S. The molecule has 1 aliphatic rings. The quantitative estimate of drug-likeness (QED) is 0.699. The van der Waals surface area contributed by atoms with Crippen molar-refractivity contribution in [2.75, 3.05) is 20.6 Å². The second kappa shape index (κ2) is 6.94. The standard InChI is InChI=1S/C15H22N2O6S/c1-10(2)17-8-11(7-13(17)18)15(19)22-9-12-5-6-14(23-12)24(20,21)16(3)4/h5-6,10-11H,7-9H2,1-4H3. The van der Waals surface area contributed by atoms with Crippen LogP contribution in [0.3, 0.4) is 0 Å². The molecule has 0 N–H and O–H groups in total. The third-order valence-electron chi connectivity index (χ3n) is 3.84. The fraction of sp³-hybridized carbons (Fsp3) is 0.600. The number of hydrogen-bond donors (Lipinski definition) is 0. The van der Waals surface area contributed by atoms with Gasteiger partial charge in [-0.25, -0.2) is 12.7 Å². The number of likely N-dealkylation sites (tertiary alicyclic amines) is 1. The van der Waals surface area contributed by atoms with Crippen molar-refractivity contribution in [3.63, 3.8) is 0 Å². The lowest BCUT2D eigenvalue weighted by atomic mass is 10.1. The first-order chi connectivity index (χ1) is 11.1. The molecule has 9 heteroatoms. The Morgan fingerprint density at radius 1 is 1.42 bits per heavy atom. The average molecular weight is 358 g/mol. The molecule has 1 aliphatic heterocycles. The molecule has 1 saturated heterocycles. The first kappa shape index (κ1) is 18.5. The Hall–Kier alpha value is -1.87. The molecule has 1 amide bonds. The molecule has 8 nitrogen and oxygen atoms in total. The lowest BCUT2D eigenvalue weighted by Crippen LogP contribution is -2.32. The lowest BCUT2D eigenvalue weighted by molar-refractivity contribution is -0.150. The number of rotatable bonds is 6. The Kier molecular flexibility index (Phi) is 5.34. The van der Waals surface area contributed by atoms with Crippen molar-refractivity contribution in [1.82, 2.24) is 9.21 Å². The van der Waals surface area contributed by atoms with Gasteiger partial charge >= 0.3 is 5.97 Å². The molecule has 1 aromatic heterocycles. The van der Waals surface area contributed by atoms with E-state index in [1.54, 1.807) is 4.90 Å². The van der Waals surface area contributed by atoms with Gasteiger partial charge in [-0.1, -0.05) is 0 Å². The van der Waals surface area contributed by atoms with E-state index < -0.39 is 21.9 Å². The van der Waals surface area contributed by atoms with E-state index in [-0.39, 0.29) is 35.8 Å². The normalized spacial score (nSPS) is 18.7. The summed E-state index contributed by atoms with van der Waals surface area (Å²) in [5.41, 5.74) is 0. The van der Waals surface area contributed by atoms with Crippen LogP contribution in [-0.2, 0) is 31.0 Å². The highest BCUT2D eigenvalue weighted by Gasteiger charge is 2.36.